The van der Waals surface area contributed by atoms with Gasteiger partial charge in [0, 0.05) is 13.1 Å². The Labute approximate surface area is 271 Å². The van der Waals surface area contributed by atoms with Crippen molar-refractivity contribution in [3.05, 3.63) is 119 Å². The van der Waals surface area contributed by atoms with Gasteiger partial charge in [-0.25, -0.2) is 16.8 Å². The minimum Gasteiger partial charge on any atom is -0.353 e. The predicted octanol–water partition coefficient (Wildman–Crippen LogP) is 4.24. The van der Waals surface area contributed by atoms with E-state index in [4.69, 9.17) is 0 Å². The summed E-state index contributed by atoms with van der Waals surface area (Å²) in [6.45, 7) is 6.25. The summed E-state index contributed by atoms with van der Waals surface area (Å²) in [6, 6.07) is 26.6. The van der Waals surface area contributed by atoms with Crippen LogP contribution in [0.15, 0.2) is 107 Å². The van der Waals surface area contributed by atoms with E-state index in [-0.39, 0.29) is 22.9 Å². The number of aryl methyl sites for hydroxylation is 4. The number of carbonyl (C=O) groups excluding carboxylic acids is 2. The van der Waals surface area contributed by atoms with Crippen LogP contribution in [0.5, 0.6) is 0 Å². The number of anilines is 2. The third-order valence-electron chi connectivity index (χ3n) is 7.33. The summed E-state index contributed by atoms with van der Waals surface area (Å²) >= 11 is 0. The molecular weight excluding hydrogens is 625 g/mol. The number of sulfonamides is 2. The molecule has 0 fully saturated rings. The molecule has 0 aromatic heterocycles. The van der Waals surface area contributed by atoms with Gasteiger partial charge in [0.15, 0.2) is 0 Å². The van der Waals surface area contributed by atoms with Crippen LogP contribution >= 0.6 is 0 Å². The standard InChI is InChI=1S/C34H38N4O6S2/c1-25-13-17-29(18-14-25)45(41,42)37(31-11-7-5-9-27(31)3)23-33(39)35-21-22-36-34(40)24-38(32-12-8-6-10-28(32)4)46(43,44)30-19-15-26(2)16-20-30/h5-20H,21-24H2,1-4H3,(H,35,39)(H,36,40). The van der Waals surface area contributed by atoms with Crippen molar-refractivity contribution in [3.63, 3.8) is 0 Å². The summed E-state index contributed by atoms with van der Waals surface area (Å²) in [5.74, 6) is -1.15. The zero-order valence-corrected chi connectivity index (χ0v) is 27.9. The van der Waals surface area contributed by atoms with Gasteiger partial charge in [-0.2, -0.15) is 0 Å². The first-order chi connectivity index (χ1) is 21.8. The summed E-state index contributed by atoms with van der Waals surface area (Å²) < 4.78 is 56.7. The third-order valence-corrected chi connectivity index (χ3v) is 10.9. The van der Waals surface area contributed by atoms with Gasteiger partial charge in [-0.3, -0.25) is 18.2 Å². The molecule has 4 aromatic carbocycles. The Kier molecular flexibility index (Phi) is 10.9. The molecule has 10 nitrogen and oxygen atoms in total. The number of nitrogens with one attached hydrogen (secondary N) is 2. The van der Waals surface area contributed by atoms with E-state index in [1.807, 2.05) is 13.8 Å². The molecule has 0 spiro atoms. The van der Waals surface area contributed by atoms with Gasteiger partial charge in [0.2, 0.25) is 11.8 Å². The highest BCUT2D eigenvalue weighted by Crippen LogP contribution is 2.28. The van der Waals surface area contributed by atoms with E-state index >= 15 is 0 Å². The number of benzene rings is 4. The Hall–Kier alpha value is -4.68. The maximum atomic E-state index is 13.6. The van der Waals surface area contributed by atoms with Crippen molar-refractivity contribution >= 4 is 43.2 Å². The Morgan fingerprint density at radius 1 is 0.522 bits per heavy atom. The van der Waals surface area contributed by atoms with E-state index in [1.54, 1.807) is 86.6 Å². The van der Waals surface area contributed by atoms with Crippen LogP contribution in [-0.4, -0.2) is 54.8 Å². The second-order valence-electron chi connectivity index (χ2n) is 10.9. The fourth-order valence-electron chi connectivity index (χ4n) is 4.74. The lowest BCUT2D eigenvalue weighted by atomic mass is 10.2. The second-order valence-corrected chi connectivity index (χ2v) is 14.6. The quantitative estimate of drug-likeness (QED) is 0.206. The fraction of sp³-hybridized carbons (Fsp3) is 0.235. The summed E-state index contributed by atoms with van der Waals surface area (Å²) in [4.78, 5) is 26.1. The number of nitrogens with zero attached hydrogens (tertiary/aromatic N) is 2. The molecule has 0 atom stereocenters. The van der Waals surface area contributed by atoms with E-state index < -0.39 is 45.0 Å². The van der Waals surface area contributed by atoms with Crippen molar-refractivity contribution in [1.82, 2.24) is 10.6 Å². The maximum Gasteiger partial charge on any atom is 0.264 e. The molecule has 4 aromatic rings. The molecule has 0 bridgehead atoms. The van der Waals surface area contributed by atoms with Crippen molar-refractivity contribution in [2.45, 2.75) is 37.5 Å². The summed E-state index contributed by atoms with van der Waals surface area (Å²) in [5.41, 5.74) is 3.90. The van der Waals surface area contributed by atoms with Crippen LogP contribution in [0.1, 0.15) is 22.3 Å². The van der Waals surface area contributed by atoms with Gasteiger partial charge < -0.3 is 10.6 Å². The molecule has 0 aliphatic carbocycles. The Bertz CT molecular complexity index is 1770. The van der Waals surface area contributed by atoms with Crippen LogP contribution in [0.4, 0.5) is 11.4 Å². The molecule has 46 heavy (non-hydrogen) atoms. The van der Waals surface area contributed by atoms with E-state index in [0.29, 0.717) is 22.5 Å². The number of amides is 2. The highest BCUT2D eigenvalue weighted by atomic mass is 32.2. The van der Waals surface area contributed by atoms with E-state index in [1.165, 1.54) is 24.3 Å². The molecule has 0 aliphatic rings. The SMILES string of the molecule is Cc1ccc(S(=O)(=O)N(CC(=O)NCCNC(=O)CN(c2ccccc2C)S(=O)(=O)c2ccc(C)cc2)c2ccccc2C)cc1. The Morgan fingerprint density at radius 2 is 0.848 bits per heavy atom. The molecular formula is C34H38N4O6S2. The number of hydrogen-bond donors (Lipinski definition) is 2. The van der Waals surface area contributed by atoms with Gasteiger partial charge in [-0.15, -0.1) is 0 Å². The maximum absolute atomic E-state index is 13.6. The number of carbonyl (C=O) groups is 2. The lowest BCUT2D eigenvalue weighted by Gasteiger charge is -2.26. The molecule has 12 heteroatoms. The van der Waals surface area contributed by atoms with Crippen LogP contribution in [0, 0.1) is 27.7 Å². The van der Waals surface area contributed by atoms with Crippen LogP contribution in [-0.2, 0) is 29.6 Å². The van der Waals surface area contributed by atoms with Crippen LogP contribution < -0.4 is 19.2 Å². The molecule has 0 unspecified atom stereocenters. The molecule has 2 amide bonds. The van der Waals surface area contributed by atoms with Gasteiger partial charge >= 0.3 is 0 Å². The highest BCUT2D eigenvalue weighted by Gasteiger charge is 2.29. The zero-order valence-electron chi connectivity index (χ0n) is 26.2. The first-order valence-electron chi connectivity index (χ1n) is 14.6. The molecule has 0 saturated carbocycles. The van der Waals surface area contributed by atoms with Crippen molar-refractivity contribution in [2.75, 3.05) is 34.8 Å². The smallest absolute Gasteiger partial charge is 0.264 e. The summed E-state index contributed by atoms with van der Waals surface area (Å²) in [5, 5.41) is 5.31. The minimum absolute atomic E-state index is 0.00809. The highest BCUT2D eigenvalue weighted by molar-refractivity contribution is 7.93. The van der Waals surface area contributed by atoms with Gasteiger partial charge in [0.05, 0.1) is 21.2 Å². The first-order valence-corrected chi connectivity index (χ1v) is 17.5. The Morgan fingerprint density at radius 3 is 1.17 bits per heavy atom. The number of hydrogen-bond acceptors (Lipinski definition) is 6. The normalized spacial score (nSPS) is 11.5. The average molecular weight is 663 g/mol. The second kappa shape index (κ2) is 14.6. The van der Waals surface area contributed by atoms with E-state index in [9.17, 15) is 26.4 Å². The van der Waals surface area contributed by atoms with Crippen molar-refractivity contribution in [2.24, 2.45) is 0 Å². The molecule has 0 heterocycles. The largest absolute Gasteiger partial charge is 0.353 e. The van der Waals surface area contributed by atoms with Crippen molar-refractivity contribution < 1.29 is 26.4 Å². The average Bonchev–Trinajstić information content (AvgIpc) is 3.02. The lowest BCUT2D eigenvalue weighted by Crippen LogP contribution is -2.45. The van der Waals surface area contributed by atoms with E-state index in [0.717, 1.165) is 19.7 Å². The predicted molar refractivity (Wildman–Crippen MR) is 180 cm³/mol. The van der Waals surface area contributed by atoms with Crippen molar-refractivity contribution in [3.8, 4) is 0 Å². The van der Waals surface area contributed by atoms with E-state index in [2.05, 4.69) is 10.6 Å². The molecule has 0 saturated heterocycles. The first kappa shape index (κ1) is 34.2. The fourth-order valence-corrected chi connectivity index (χ4v) is 7.71. The summed E-state index contributed by atoms with van der Waals surface area (Å²) in [7, 11) is -8.15. The van der Waals surface area contributed by atoms with Gasteiger partial charge in [0.1, 0.15) is 13.1 Å². The molecule has 0 radical (unpaired) electrons. The van der Waals surface area contributed by atoms with Crippen LogP contribution in [0.2, 0.25) is 0 Å². The third kappa shape index (κ3) is 8.12. The minimum atomic E-state index is -4.07. The Balaban J connectivity index is 1.42. The van der Waals surface area contributed by atoms with Gasteiger partial charge in [-0.05, 0) is 75.2 Å². The monoisotopic (exact) mass is 662 g/mol. The van der Waals surface area contributed by atoms with Gasteiger partial charge in [-0.1, -0.05) is 71.8 Å². The summed E-state index contributed by atoms with van der Waals surface area (Å²) in [6.07, 6.45) is 0. The van der Waals surface area contributed by atoms with Gasteiger partial charge in [0.25, 0.3) is 20.0 Å². The van der Waals surface area contributed by atoms with Crippen LogP contribution in [0.25, 0.3) is 0 Å². The number of rotatable bonds is 13. The van der Waals surface area contributed by atoms with Crippen LogP contribution in [0.3, 0.4) is 0 Å². The topological polar surface area (TPSA) is 133 Å². The number of para-hydroxylation sites is 2. The molecule has 0 aliphatic heterocycles. The zero-order chi connectivity index (χ0) is 33.5. The molecule has 4 rings (SSSR count). The van der Waals surface area contributed by atoms with Crippen molar-refractivity contribution in [1.29, 1.82) is 0 Å². The lowest BCUT2D eigenvalue weighted by molar-refractivity contribution is -0.121. The molecule has 2 N–H and O–H groups in total. The molecule has 242 valence electrons.